The molecule has 0 radical (unpaired) electrons. The molecule has 110 valence electrons. The number of hydrogen-bond acceptors (Lipinski definition) is 5. The number of allylic oxidation sites excluding steroid dienone is 1. The predicted octanol–water partition coefficient (Wildman–Crippen LogP) is 2.67. The molecule has 0 bridgehead atoms. The molecule has 0 unspecified atom stereocenters. The molecule has 0 atom stereocenters. The van der Waals surface area contributed by atoms with Crippen molar-refractivity contribution in [1.29, 1.82) is 0 Å². The van der Waals surface area contributed by atoms with E-state index < -0.39 is 0 Å². The molecule has 3 rings (SSSR count). The molecule has 0 aliphatic carbocycles. The normalized spacial score (nSPS) is 16.9. The van der Waals surface area contributed by atoms with Crippen molar-refractivity contribution >= 4 is 28.5 Å². The third-order valence-corrected chi connectivity index (χ3v) is 4.57. The Morgan fingerprint density at radius 2 is 2.19 bits per heavy atom. The van der Waals surface area contributed by atoms with E-state index in [0.29, 0.717) is 6.61 Å². The first kappa shape index (κ1) is 14.0. The minimum Gasteiger partial charge on any atom is -0.494 e. The van der Waals surface area contributed by atoms with Gasteiger partial charge in [-0.3, -0.25) is 9.79 Å². The number of thioether (sulfide) groups is 1. The van der Waals surface area contributed by atoms with Crippen LogP contribution in [0.25, 0.3) is 0 Å². The third-order valence-electron chi connectivity index (χ3n) is 3.36. The van der Waals surface area contributed by atoms with Crippen LogP contribution in [-0.4, -0.2) is 35.7 Å². The van der Waals surface area contributed by atoms with Crippen LogP contribution < -0.4 is 10.1 Å². The molecule has 5 nitrogen and oxygen atoms in total. The van der Waals surface area contributed by atoms with Crippen LogP contribution in [0.15, 0.2) is 39.9 Å². The number of amidine groups is 1. The van der Waals surface area contributed by atoms with Crippen LogP contribution in [0.5, 0.6) is 5.75 Å². The lowest BCUT2D eigenvalue weighted by Crippen LogP contribution is -2.20. The van der Waals surface area contributed by atoms with E-state index in [1.807, 2.05) is 38.1 Å². The van der Waals surface area contributed by atoms with E-state index in [4.69, 9.17) is 4.74 Å². The summed E-state index contributed by atoms with van der Waals surface area (Å²) in [7, 11) is 0. The molecule has 0 saturated heterocycles. The summed E-state index contributed by atoms with van der Waals surface area (Å²) in [6.07, 6.45) is 0. The van der Waals surface area contributed by atoms with Gasteiger partial charge in [0.15, 0.2) is 5.17 Å². The van der Waals surface area contributed by atoms with Gasteiger partial charge in [0.2, 0.25) is 0 Å². The largest absolute Gasteiger partial charge is 0.494 e. The smallest absolute Gasteiger partial charge is 0.264 e. The van der Waals surface area contributed by atoms with Gasteiger partial charge in [0.1, 0.15) is 5.75 Å². The highest BCUT2D eigenvalue weighted by molar-refractivity contribution is 8.18. The number of hydrogen-bond donors (Lipinski definition) is 1. The van der Waals surface area contributed by atoms with Gasteiger partial charge in [0.25, 0.3) is 5.91 Å². The molecule has 1 amide bonds. The fraction of sp³-hybridized carbons (Fsp3) is 0.333. The van der Waals surface area contributed by atoms with Crippen LogP contribution >= 0.6 is 11.8 Å². The Bertz CT molecular complexity index is 622. The lowest BCUT2D eigenvalue weighted by Gasteiger charge is -2.12. The number of nitrogens with zero attached hydrogens (tertiary/aromatic N) is 2. The maximum absolute atomic E-state index is 12.4. The summed E-state index contributed by atoms with van der Waals surface area (Å²) in [5.74, 6) is 0.717. The fourth-order valence-electron chi connectivity index (χ4n) is 2.31. The molecule has 2 heterocycles. The van der Waals surface area contributed by atoms with E-state index in [2.05, 4.69) is 15.2 Å². The van der Waals surface area contributed by atoms with E-state index >= 15 is 0 Å². The second-order valence-electron chi connectivity index (χ2n) is 4.74. The maximum Gasteiger partial charge on any atom is 0.264 e. The van der Waals surface area contributed by atoms with E-state index in [0.717, 1.165) is 40.3 Å². The van der Waals surface area contributed by atoms with Gasteiger partial charge < -0.3 is 15.0 Å². The van der Waals surface area contributed by atoms with Gasteiger partial charge in [-0.15, -0.1) is 0 Å². The van der Waals surface area contributed by atoms with Crippen LogP contribution in [0.1, 0.15) is 13.8 Å². The van der Waals surface area contributed by atoms with Gasteiger partial charge in [-0.1, -0.05) is 0 Å². The van der Waals surface area contributed by atoms with Crippen LogP contribution in [0.2, 0.25) is 0 Å². The van der Waals surface area contributed by atoms with E-state index in [9.17, 15) is 4.79 Å². The summed E-state index contributed by atoms with van der Waals surface area (Å²) in [6, 6.07) is 7.39. The highest BCUT2D eigenvalue weighted by Gasteiger charge is 2.32. The molecule has 0 aromatic heterocycles. The Balaban J connectivity index is 1.69. The molecule has 0 spiro atoms. The van der Waals surface area contributed by atoms with Crippen molar-refractivity contribution in [2.75, 3.05) is 25.0 Å². The summed E-state index contributed by atoms with van der Waals surface area (Å²) < 4.78 is 5.38. The Labute approximate surface area is 128 Å². The number of rotatable bonds is 4. The second-order valence-corrected chi connectivity index (χ2v) is 5.72. The van der Waals surface area contributed by atoms with Gasteiger partial charge in [0, 0.05) is 17.9 Å². The Morgan fingerprint density at radius 1 is 1.43 bits per heavy atom. The highest BCUT2D eigenvalue weighted by Crippen LogP contribution is 2.36. The SMILES string of the molecule is CCOc1ccc(NC(=O)C2=C(C)N3CCN=C3S2)cc1. The maximum atomic E-state index is 12.4. The van der Waals surface area contributed by atoms with Crippen molar-refractivity contribution in [3.8, 4) is 5.75 Å². The molecule has 21 heavy (non-hydrogen) atoms. The van der Waals surface area contributed by atoms with Gasteiger partial charge in [0.05, 0.1) is 18.1 Å². The molecule has 2 aliphatic rings. The first-order chi connectivity index (χ1) is 10.2. The lowest BCUT2D eigenvalue weighted by atomic mass is 10.3. The number of amides is 1. The molecule has 0 saturated carbocycles. The average molecular weight is 303 g/mol. The number of nitrogens with one attached hydrogen (secondary N) is 1. The molecular weight excluding hydrogens is 286 g/mol. The minimum atomic E-state index is -0.0845. The number of carbonyl (C=O) groups excluding carboxylic acids is 1. The van der Waals surface area contributed by atoms with Crippen LogP contribution in [0, 0.1) is 0 Å². The number of ether oxygens (including phenoxy) is 1. The molecule has 0 fully saturated rings. The standard InChI is InChI=1S/C15H17N3O2S/c1-3-20-12-6-4-11(5-7-12)17-14(19)13-10(2)18-9-8-16-15(18)21-13/h4-7H,3,8-9H2,1-2H3,(H,17,19). The summed E-state index contributed by atoms with van der Waals surface area (Å²) in [5, 5.41) is 3.85. The number of aliphatic imine (C=N–C) groups is 1. The lowest BCUT2D eigenvalue weighted by molar-refractivity contribution is -0.112. The Morgan fingerprint density at radius 3 is 2.86 bits per heavy atom. The van der Waals surface area contributed by atoms with Crippen LogP contribution in [0.3, 0.4) is 0 Å². The molecule has 1 aromatic carbocycles. The molecule has 2 aliphatic heterocycles. The van der Waals surface area contributed by atoms with Gasteiger partial charge in [-0.25, -0.2) is 0 Å². The van der Waals surface area contributed by atoms with E-state index in [1.54, 1.807) is 0 Å². The molecule has 1 aromatic rings. The summed E-state index contributed by atoms with van der Waals surface area (Å²) in [4.78, 5) is 19.6. The van der Waals surface area contributed by atoms with E-state index in [1.165, 1.54) is 11.8 Å². The average Bonchev–Trinajstić information content (AvgIpc) is 3.05. The predicted molar refractivity (Wildman–Crippen MR) is 85.5 cm³/mol. The van der Waals surface area contributed by atoms with Crippen LogP contribution in [0.4, 0.5) is 5.69 Å². The third kappa shape index (κ3) is 2.76. The van der Waals surface area contributed by atoms with E-state index in [-0.39, 0.29) is 5.91 Å². The monoisotopic (exact) mass is 303 g/mol. The Kier molecular flexibility index (Phi) is 3.88. The first-order valence-corrected chi connectivity index (χ1v) is 7.75. The fourth-order valence-corrected chi connectivity index (χ4v) is 3.39. The highest BCUT2D eigenvalue weighted by atomic mass is 32.2. The molecule has 1 N–H and O–H groups in total. The van der Waals surface area contributed by atoms with Crippen molar-refractivity contribution in [3.05, 3.63) is 34.9 Å². The quantitative estimate of drug-likeness (QED) is 0.929. The van der Waals surface area contributed by atoms with Gasteiger partial charge in [-0.2, -0.15) is 0 Å². The van der Waals surface area contributed by atoms with Gasteiger partial charge >= 0.3 is 0 Å². The van der Waals surface area contributed by atoms with Crippen molar-refractivity contribution in [1.82, 2.24) is 4.90 Å². The van der Waals surface area contributed by atoms with Crippen molar-refractivity contribution in [2.24, 2.45) is 4.99 Å². The zero-order valence-corrected chi connectivity index (χ0v) is 12.9. The first-order valence-electron chi connectivity index (χ1n) is 6.94. The number of fused-ring (bicyclic) bond motifs is 1. The number of anilines is 1. The molecule has 6 heteroatoms. The van der Waals surface area contributed by atoms with Crippen molar-refractivity contribution in [3.63, 3.8) is 0 Å². The van der Waals surface area contributed by atoms with Gasteiger partial charge in [-0.05, 0) is 49.9 Å². The second kappa shape index (κ2) is 5.81. The molecular formula is C15H17N3O2S. The Hall–Kier alpha value is -1.95. The topological polar surface area (TPSA) is 53.9 Å². The van der Waals surface area contributed by atoms with Crippen molar-refractivity contribution in [2.45, 2.75) is 13.8 Å². The zero-order valence-electron chi connectivity index (χ0n) is 12.0. The van der Waals surface area contributed by atoms with Crippen LogP contribution in [-0.2, 0) is 4.79 Å². The zero-order chi connectivity index (χ0) is 14.8. The van der Waals surface area contributed by atoms with Crippen molar-refractivity contribution < 1.29 is 9.53 Å². The number of carbonyl (C=O) groups is 1. The summed E-state index contributed by atoms with van der Waals surface area (Å²) >= 11 is 1.45. The summed E-state index contributed by atoms with van der Waals surface area (Å²) in [6.45, 7) is 6.22. The minimum absolute atomic E-state index is 0.0845. The number of benzene rings is 1. The summed E-state index contributed by atoms with van der Waals surface area (Å²) in [5.41, 5.74) is 1.75.